The van der Waals surface area contributed by atoms with Gasteiger partial charge in [-0.25, -0.2) is 0 Å². The predicted octanol–water partition coefficient (Wildman–Crippen LogP) is 3.80. The van der Waals surface area contributed by atoms with Crippen LogP contribution in [0.3, 0.4) is 0 Å². The number of nitrogens with zero attached hydrogens (tertiary/aromatic N) is 1. The van der Waals surface area contributed by atoms with Gasteiger partial charge in [-0.3, -0.25) is 0 Å². The molecule has 1 aliphatic rings. The van der Waals surface area contributed by atoms with Crippen molar-refractivity contribution >= 4 is 5.69 Å². The summed E-state index contributed by atoms with van der Waals surface area (Å²) in [6.07, 6.45) is -1.46. The molecule has 2 rings (SSSR count). The summed E-state index contributed by atoms with van der Waals surface area (Å²) < 4.78 is 39.9. The van der Waals surface area contributed by atoms with E-state index < -0.39 is 11.7 Å². The highest BCUT2D eigenvalue weighted by Gasteiger charge is 2.38. The maximum atomic E-state index is 13.3. The number of alkyl halides is 3. The Bertz CT molecular complexity index is 453. The van der Waals surface area contributed by atoms with Gasteiger partial charge < -0.3 is 10.2 Å². The second-order valence-corrected chi connectivity index (χ2v) is 5.30. The molecule has 0 unspecified atom stereocenters. The molecule has 0 aliphatic heterocycles. The van der Waals surface area contributed by atoms with Gasteiger partial charge in [0, 0.05) is 24.8 Å². The lowest BCUT2D eigenvalue weighted by atomic mass is 10.1. The van der Waals surface area contributed by atoms with Gasteiger partial charge >= 0.3 is 6.18 Å². The Labute approximate surface area is 118 Å². The monoisotopic (exact) mass is 286 g/mol. The Kier molecular flexibility index (Phi) is 4.58. The Hall–Kier alpha value is -1.23. The van der Waals surface area contributed by atoms with Crippen molar-refractivity contribution < 1.29 is 13.2 Å². The number of anilines is 1. The number of rotatable bonds is 6. The van der Waals surface area contributed by atoms with Crippen molar-refractivity contribution in [3.63, 3.8) is 0 Å². The van der Waals surface area contributed by atoms with Crippen LogP contribution in [0.2, 0.25) is 0 Å². The third-order valence-electron chi connectivity index (χ3n) is 3.51. The van der Waals surface area contributed by atoms with Crippen molar-refractivity contribution in [2.24, 2.45) is 0 Å². The van der Waals surface area contributed by atoms with E-state index in [2.05, 4.69) is 5.32 Å². The molecule has 0 radical (unpaired) electrons. The smallest absolute Gasteiger partial charge is 0.368 e. The molecule has 112 valence electrons. The van der Waals surface area contributed by atoms with E-state index in [4.69, 9.17) is 0 Å². The van der Waals surface area contributed by atoms with Crippen LogP contribution >= 0.6 is 0 Å². The Morgan fingerprint density at radius 3 is 2.50 bits per heavy atom. The molecular weight excluding hydrogens is 265 g/mol. The molecule has 0 spiro atoms. The van der Waals surface area contributed by atoms with Crippen LogP contribution in [0.5, 0.6) is 0 Å². The minimum Gasteiger partial charge on any atom is -0.368 e. The van der Waals surface area contributed by atoms with Crippen molar-refractivity contribution in [1.29, 1.82) is 0 Å². The molecule has 20 heavy (non-hydrogen) atoms. The van der Waals surface area contributed by atoms with Gasteiger partial charge in [0.05, 0.1) is 5.56 Å². The summed E-state index contributed by atoms with van der Waals surface area (Å²) in [4.78, 5) is 1.92. The first-order valence-electron chi connectivity index (χ1n) is 7.08. The number of hydrogen-bond acceptors (Lipinski definition) is 2. The molecule has 1 aromatic carbocycles. The molecule has 2 nitrogen and oxygen atoms in total. The average Bonchev–Trinajstić information content (AvgIpc) is 3.20. The molecule has 0 bridgehead atoms. The van der Waals surface area contributed by atoms with Crippen LogP contribution in [-0.2, 0) is 12.7 Å². The SMILES string of the molecule is CCCN(c1ccc(CNC)cc1C(F)(F)F)C1CC1. The molecule has 1 aliphatic carbocycles. The number of halogens is 3. The van der Waals surface area contributed by atoms with E-state index in [9.17, 15) is 13.2 Å². The van der Waals surface area contributed by atoms with Crippen molar-refractivity contribution in [3.05, 3.63) is 29.3 Å². The van der Waals surface area contributed by atoms with Gasteiger partial charge in [-0.1, -0.05) is 13.0 Å². The van der Waals surface area contributed by atoms with Gasteiger partial charge in [-0.2, -0.15) is 13.2 Å². The van der Waals surface area contributed by atoms with Crippen LogP contribution in [0.25, 0.3) is 0 Å². The standard InChI is InChI=1S/C15H21F3N2/c1-3-8-20(12-5-6-12)14-7-4-11(10-19-2)9-13(14)15(16,17)18/h4,7,9,12,19H,3,5-6,8,10H2,1-2H3. The van der Waals surface area contributed by atoms with Crippen LogP contribution in [0.1, 0.15) is 37.3 Å². The first-order chi connectivity index (χ1) is 9.47. The Morgan fingerprint density at radius 2 is 2.00 bits per heavy atom. The molecule has 5 heteroatoms. The highest BCUT2D eigenvalue weighted by atomic mass is 19.4. The first-order valence-corrected chi connectivity index (χ1v) is 7.08. The van der Waals surface area contributed by atoms with Gasteiger partial charge in [-0.05, 0) is 44.0 Å². The molecule has 0 saturated heterocycles. The second kappa shape index (κ2) is 6.04. The van der Waals surface area contributed by atoms with Crippen LogP contribution in [0, 0.1) is 0 Å². The van der Waals surface area contributed by atoms with Crippen LogP contribution < -0.4 is 10.2 Å². The van der Waals surface area contributed by atoms with Crippen molar-refractivity contribution in [3.8, 4) is 0 Å². The molecule has 0 amide bonds. The molecule has 1 saturated carbocycles. The summed E-state index contributed by atoms with van der Waals surface area (Å²) in [5.74, 6) is 0. The lowest BCUT2D eigenvalue weighted by Crippen LogP contribution is -2.29. The van der Waals surface area contributed by atoms with Gasteiger partial charge in [0.15, 0.2) is 0 Å². The fourth-order valence-electron chi connectivity index (χ4n) is 2.50. The number of nitrogens with one attached hydrogen (secondary N) is 1. The van der Waals surface area contributed by atoms with Crippen molar-refractivity contribution in [1.82, 2.24) is 5.32 Å². The third kappa shape index (κ3) is 3.45. The van der Waals surface area contributed by atoms with E-state index in [0.29, 0.717) is 24.3 Å². The average molecular weight is 286 g/mol. The van der Waals surface area contributed by atoms with E-state index in [1.807, 2.05) is 11.8 Å². The lowest BCUT2D eigenvalue weighted by Gasteiger charge is -2.28. The zero-order chi connectivity index (χ0) is 14.8. The second-order valence-electron chi connectivity index (χ2n) is 5.30. The van der Waals surface area contributed by atoms with Gasteiger partial charge in [0.1, 0.15) is 0 Å². The predicted molar refractivity (Wildman–Crippen MR) is 74.9 cm³/mol. The Morgan fingerprint density at radius 1 is 1.30 bits per heavy atom. The molecule has 0 aromatic heterocycles. The van der Waals surface area contributed by atoms with Gasteiger partial charge in [0.25, 0.3) is 0 Å². The minimum atomic E-state index is -4.31. The van der Waals surface area contributed by atoms with E-state index in [0.717, 1.165) is 19.3 Å². The Balaban J connectivity index is 2.39. The molecule has 1 aromatic rings. The van der Waals surface area contributed by atoms with Crippen LogP contribution in [0.15, 0.2) is 18.2 Å². The molecule has 0 atom stereocenters. The molecule has 0 heterocycles. The molecule has 1 N–H and O–H groups in total. The van der Waals surface area contributed by atoms with Crippen LogP contribution in [0.4, 0.5) is 18.9 Å². The number of benzene rings is 1. The summed E-state index contributed by atoms with van der Waals surface area (Å²) >= 11 is 0. The fourth-order valence-corrected chi connectivity index (χ4v) is 2.50. The van der Waals surface area contributed by atoms with Gasteiger partial charge in [-0.15, -0.1) is 0 Å². The van der Waals surface area contributed by atoms with Crippen molar-refractivity contribution in [2.75, 3.05) is 18.5 Å². The fraction of sp³-hybridized carbons (Fsp3) is 0.600. The topological polar surface area (TPSA) is 15.3 Å². The summed E-state index contributed by atoms with van der Waals surface area (Å²) in [7, 11) is 1.73. The third-order valence-corrected chi connectivity index (χ3v) is 3.51. The largest absolute Gasteiger partial charge is 0.418 e. The number of hydrogen-bond donors (Lipinski definition) is 1. The summed E-state index contributed by atoms with van der Waals surface area (Å²) in [5.41, 5.74) is 0.489. The zero-order valence-corrected chi connectivity index (χ0v) is 11.9. The van der Waals surface area contributed by atoms with Crippen LogP contribution in [-0.4, -0.2) is 19.6 Å². The first kappa shape index (κ1) is 15.2. The lowest BCUT2D eigenvalue weighted by molar-refractivity contribution is -0.137. The van der Waals surface area contributed by atoms with E-state index in [1.54, 1.807) is 19.2 Å². The van der Waals surface area contributed by atoms with E-state index >= 15 is 0 Å². The highest BCUT2D eigenvalue weighted by molar-refractivity contribution is 5.58. The maximum absolute atomic E-state index is 13.3. The van der Waals surface area contributed by atoms with Gasteiger partial charge in [0.2, 0.25) is 0 Å². The maximum Gasteiger partial charge on any atom is 0.418 e. The summed E-state index contributed by atoms with van der Waals surface area (Å²) in [6, 6.07) is 4.97. The summed E-state index contributed by atoms with van der Waals surface area (Å²) in [5, 5.41) is 2.89. The normalized spacial score (nSPS) is 15.4. The van der Waals surface area contributed by atoms with Crippen molar-refractivity contribution in [2.45, 2.75) is 44.9 Å². The van der Waals surface area contributed by atoms with E-state index in [1.165, 1.54) is 6.07 Å². The summed E-state index contributed by atoms with van der Waals surface area (Å²) in [6.45, 7) is 3.12. The van der Waals surface area contributed by atoms with E-state index in [-0.39, 0.29) is 6.04 Å². The zero-order valence-electron chi connectivity index (χ0n) is 11.9. The highest BCUT2D eigenvalue weighted by Crippen LogP contribution is 2.41. The molecule has 1 fully saturated rings. The quantitative estimate of drug-likeness (QED) is 0.855. The minimum absolute atomic E-state index is 0.284. The molecular formula is C15H21F3N2.